The fraction of sp³-hybridized carbons (Fsp3) is 0.200. The largest absolute Gasteiger partial charge is 0.492 e. The number of rotatable bonds is 8. The van der Waals surface area contributed by atoms with E-state index in [-0.39, 0.29) is 22.8 Å². The van der Waals surface area contributed by atoms with E-state index < -0.39 is 15.9 Å². The summed E-state index contributed by atoms with van der Waals surface area (Å²) in [7, 11) is -3.90. The van der Waals surface area contributed by atoms with E-state index in [0.717, 1.165) is 5.56 Å². The van der Waals surface area contributed by atoms with Crippen molar-refractivity contribution in [1.29, 1.82) is 0 Å². The quantitative estimate of drug-likeness (QED) is 0.548. The first-order valence-electron chi connectivity index (χ1n) is 8.87. The Kier molecular flexibility index (Phi) is 6.18. The zero-order chi connectivity index (χ0) is 20.9. The van der Waals surface area contributed by atoms with Gasteiger partial charge in [0.25, 0.3) is 15.9 Å². The van der Waals surface area contributed by atoms with Gasteiger partial charge in [-0.1, -0.05) is 28.9 Å². The number of hydrogen-bond donors (Lipinski definition) is 2. The van der Waals surface area contributed by atoms with Gasteiger partial charge in [-0.25, -0.2) is 8.42 Å². The number of carbonyl (C=O) groups is 1. The molecule has 1 amide bonds. The molecule has 0 spiro atoms. The second-order valence-electron chi connectivity index (χ2n) is 6.37. The Hall–Kier alpha value is -3.33. The molecule has 8 nitrogen and oxygen atoms in total. The van der Waals surface area contributed by atoms with Crippen LogP contribution < -0.4 is 14.8 Å². The normalized spacial score (nSPS) is 11.1. The Morgan fingerprint density at radius 3 is 2.55 bits per heavy atom. The maximum Gasteiger partial charge on any atom is 0.263 e. The predicted octanol–water partition coefficient (Wildman–Crippen LogP) is 2.90. The summed E-state index contributed by atoms with van der Waals surface area (Å²) in [5.41, 5.74) is 1.35. The summed E-state index contributed by atoms with van der Waals surface area (Å²) < 4.78 is 37.7. The van der Waals surface area contributed by atoms with Crippen LogP contribution in [0.4, 0.5) is 5.82 Å². The molecule has 3 rings (SSSR count). The summed E-state index contributed by atoms with van der Waals surface area (Å²) in [6.45, 7) is 4.21. The highest BCUT2D eigenvalue weighted by Gasteiger charge is 2.18. The summed E-state index contributed by atoms with van der Waals surface area (Å²) in [5.74, 6) is 0.869. The van der Waals surface area contributed by atoms with E-state index in [0.29, 0.717) is 18.1 Å². The van der Waals surface area contributed by atoms with Crippen molar-refractivity contribution < 1.29 is 22.5 Å². The molecule has 152 valence electrons. The Bertz CT molecular complexity index is 1090. The molecule has 0 saturated heterocycles. The summed E-state index contributed by atoms with van der Waals surface area (Å²) in [6.07, 6.45) is 0. The summed E-state index contributed by atoms with van der Waals surface area (Å²) in [4.78, 5) is 12.3. The van der Waals surface area contributed by atoms with Crippen LogP contribution >= 0.6 is 0 Å². The molecule has 1 aromatic heterocycles. The van der Waals surface area contributed by atoms with Gasteiger partial charge in [-0.15, -0.1) is 0 Å². The van der Waals surface area contributed by atoms with Crippen molar-refractivity contribution in [2.45, 2.75) is 18.7 Å². The minimum absolute atomic E-state index is 0.0540. The van der Waals surface area contributed by atoms with Crippen LogP contribution in [0.25, 0.3) is 0 Å². The van der Waals surface area contributed by atoms with Crippen LogP contribution in [-0.2, 0) is 10.0 Å². The van der Waals surface area contributed by atoms with Gasteiger partial charge in [-0.2, -0.15) is 0 Å². The van der Waals surface area contributed by atoms with Gasteiger partial charge in [0.1, 0.15) is 18.1 Å². The van der Waals surface area contributed by atoms with E-state index in [9.17, 15) is 13.2 Å². The first-order valence-corrected chi connectivity index (χ1v) is 10.4. The fourth-order valence-corrected chi connectivity index (χ4v) is 3.51. The second-order valence-corrected chi connectivity index (χ2v) is 8.06. The molecule has 0 aliphatic rings. The summed E-state index contributed by atoms with van der Waals surface area (Å²) >= 11 is 0. The Morgan fingerprint density at radius 1 is 1.10 bits per heavy atom. The highest BCUT2D eigenvalue weighted by atomic mass is 32.2. The Morgan fingerprint density at radius 2 is 1.86 bits per heavy atom. The molecule has 29 heavy (non-hydrogen) atoms. The fourth-order valence-electron chi connectivity index (χ4n) is 2.49. The topological polar surface area (TPSA) is 111 Å². The van der Waals surface area contributed by atoms with Crippen molar-refractivity contribution in [3.05, 3.63) is 71.5 Å². The van der Waals surface area contributed by atoms with Crippen LogP contribution in [0.5, 0.6) is 5.75 Å². The summed E-state index contributed by atoms with van der Waals surface area (Å²) in [6, 6.07) is 14.8. The number of amides is 1. The van der Waals surface area contributed by atoms with Crippen LogP contribution in [0, 0.1) is 13.8 Å². The summed E-state index contributed by atoms with van der Waals surface area (Å²) in [5, 5.41) is 6.31. The number of nitrogens with one attached hydrogen (secondary N) is 2. The number of aryl methyl sites for hydroxylation is 2. The Balaban J connectivity index is 1.57. The molecule has 0 saturated carbocycles. The molecule has 0 atom stereocenters. The zero-order valence-electron chi connectivity index (χ0n) is 16.0. The third kappa shape index (κ3) is 5.58. The van der Waals surface area contributed by atoms with Crippen molar-refractivity contribution in [1.82, 2.24) is 10.5 Å². The lowest BCUT2D eigenvalue weighted by Gasteiger charge is -2.09. The van der Waals surface area contributed by atoms with E-state index in [2.05, 4.69) is 15.2 Å². The van der Waals surface area contributed by atoms with Gasteiger partial charge in [0.2, 0.25) is 0 Å². The molecule has 0 radical (unpaired) electrons. The third-order valence-corrected chi connectivity index (χ3v) is 5.30. The number of nitrogens with zero attached hydrogens (tertiary/aromatic N) is 1. The molecule has 0 unspecified atom stereocenters. The zero-order valence-corrected chi connectivity index (χ0v) is 16.8. The molecule has 2 aromatic carbocycles. The SMILES string of the molecule is Cc1ccc(OCCNC(=O)c2cccc(S(=O)(=O)Nc3cc(C)on3)c2)cc1. The molecule has 0 bridgehead atoms. The van der Waals surface area contributed by atoms with Crippen LogP contribution in [0.1, 0.15) is 21.7 Å². The number of sulfonamides is 1. The van der Waals surface area contributed by atoms with Gasteiger partial charge in [0, 0.05) is 11.6 Å². The average molecular weight is 415 g/mol. The molecule has 1 heterocycles. The van der Waals surface area contributed by atoms with E-state index in [4.69, 9.17) is 9.26 Å². The highest BCUT2D eigenvalue weighted by Crippen LogP contribution is 2.17. The molecule has 0 aliphatic carbocycles. The lowest BCUT2D eigenvalue weighted by Crippen LogP contribution is -2.28. The molecular weight excluding hydrogens is 394 g/mol. The van der Waals surface area contributed by atoms with E-state index in [1.165, 1.54) is 30.3 Å². The molecule has 9 heteroatoms. The van der Waals surface area contributed by atoms with Gasteiger partial charge in [-0.3, -0.25) is 9.52 Å². The van der Waals surface area contributed by atoms with Crippen molar-refractivity contribution in [3.63, 3.8) is 0 Å². The molecule has 0 aliphatic heterocycles. The standard InChI is InChI=1S/C20H21N3O5S/c1-14-6-8-17(9-7-14)27-11-10-21-20(24)16-4-3-5-18(13-16)29(25,26)23-19-12-15(2)28-22-19/h3-9,12-13H,10-11H2,1-2H3,(H,21,24)(H,22,23). The maximum atomic E-state index is 12.5. The van der Waals surface area contributed by atoms with Crippen molar-refractivity contribution in [3.8, 4) is 5.75 Å². The van der Waals surface area contributed by atoms with Crippen molar-refractivity contribution in [2.24, 2.45) is 0 Å². The minimum Gasteiger partial charge on any atom is -0.492 e. The van der Waals surface area contributed by atoms with Crippen LogP contribution in [0.15, 0.2) is 64.0 Å². The van der Waals surface area contributed by atoms with Crippen molar-refractivity contribution in [2.75, 3.05) is 17.9 Å². The van der Waals surface area contributed by atoms with Crippen molar-refractivity contribution >= 4 is 21.7 Å². The number of carbonyl (C=O) groups excluding carboxylic acids is 1. The number of hydrogen-bond acceptors (Lipinski definition) is 6. The van der Waals surface area contributed by atoms with Gasteiger partial charge in [0.15, 0.2) is 5.82 Å². The first kappa shape index (κ1) is 20.4. The van der Waals surface area contributed by atoms with E-state index >= 15 is 0 Å². The monoisotopic (exact) mass is 415 g/mol. The number of benzene rings is 2. The van der Waals surface area contributed by atoms with Gasteiger partial charge >= 0.3 is 0 Å². The molecule has 0 fully saturated rings. The minimum atomic E-state index is -3.90. The number of aromatic nitrogens is 1. The third-order valence-electron chi connectivity index (χ3n) is 3.95. The lowest BCUT2D eigenvalue weighted by atomic mass is 10.2. The van der Waals surface area contributed by atoms with Gasteiger partial charge < -0.3 is 14.6 Å². The van der Waals surface area contributed by atoms with Crippen LogP contribution in [-0.4, -0.2) is 32.6 Å². The van der Waals surface area contributed by atoms with E-state index in [1.807, 2.05) is 31.2 Å². The average Bonchev–Trinajstić information content (AvgIpc) is 3.10. The number of anilines is 1. The molecule has 3 aromatic rings. The van der Waals surface area contributed by atoms with Crippen LogP contribution in [0.2, 0.25) is 0 Å². The van der Waals surface area contributed by atoms with E-state index in [1.54, 1.807) is 6.92 Å². The van der Waals surface area contributed by atoms with Crippen LogP contribution in [0.3, 0.4) is 0 Å². The first-order chi connectivity index (χ1) is 13.8. The molecule has 2 N–H and O–H groups in total. The number of ether oxygens (including phenoxy) is 1. The second kappa shape index (κ2) is 8.78. The maximum absolute atomic E-state index is 12.5. The lowest BCUT2D eigenvalue weighted by molar-refractivity contribution is 0.0947. The Labute approximate surface area is 168 Å². The van der Waals surface area contributed by atoms with Gasteiger partial charge in [0.05, 0.1) is 11.4 Å². The smallest absolute Gasteiger partial charge is 0.263 e. The van der Waals surface area contributed by atoms with Gasteiger partial charge in [-0.05, 0) is 44.2 Å². The highest BCUT2D eigenvalue weighted by molar-refractivity contribution is 7.92. The predicted molar refractivity (Wildman–Crippen MR) is 107 cm³/mol. The molecular formula is C20H21N3O5S.